The largest absolute Gasteiger partial charge is 0.493 e. The summed E-state index contributed by atoms with van der Waals surface area (Å²) in [5.41, 5.74) is 0.0459. The van der Waals surface area contributed by atoms with E-state index in [1.165, 1.54) is 4.57 Å². The van der Waals surface area contributed by atoms with Crippen LogP contribution in [0.4, 0.5) is 5.69 Å². The number of anilines is 1. The van der Waals surface area contributed by atoms with Crippen LogP contribution < -0.4 is 15.6 Å². The Morgan fingerprint density at radius 2 is 1.95 bits per heavy atom. The van der Waals surface area contributed by atoms with Crippen molar-refractivity contribution in [3.63, 3.8) is 0 Å². The molecule has 1 N–H and O–H groups in total. The quantitative estimate of drug-likeness (QED) is 0.902. The zero-order valence-corrected chi connectivity index (χ0v) is 11.2. The molecule has 0 unspecified atom stereocenters. The van der Waals surface area contributed by atoms with Crippen LogP contribution >= 0.6 is 0 Å². The smallest absolute Gasteiger partial charge is 0.274 e. The molecular formula is C15H16N2O3. The van der Waals surface area contributed by atoms with Crippen LogP contribution in [0.1, 0.15) is 6.42 Å². The zero-order chi connectivity index (χ0) is 14.4. The summed E-state index contributed by atoms with van der Waals surface area (Å²) in [5, 5.41) is 2.59. The Labute approximate surface area is 116 Å². The third kappa shape index (κ3) is 3.71. The molecule has 5 nitrogen and oxygen atoms in total. The summed E-state index contributed by atoms with van der Waals surface area (Å²) < 4.78 is 6.84. The van der Waals surface area contributed by atoms with E-state index in [2.05, 4.69) is 5.32 Å². The number of pyridine rings is 1. The lowest BCUT2D eigenvalue weighted by Gasteiger charge is -2.07. The molecule has 2 rings (SSSR count). The molecule has 0 fully saturated rings. The van der Waals surface area contributed by atoms with E-state index in [0.29, 0.717) is 0 Å². The molecule has 0 aliphatic rings. The second-order valence-corrected chi connectivity index (χ2v) is 4.30. The summed E-state index contributed by atoms with van der Waals surface area (Å²) in [6.07, 6.45) is 1.82. The van der Waals surface area contributed by atoms with Gasteiger partial charge in [0.2, 0.25) is 5.91 Å². The summed E-state index contributed by atoms with van der Waals surface area (Å²) in [4.78, 5) is 23.4. The normalized spacial score (nSPS) is 10.1. The molecule has 0 aliphatic carbocycles. The Morgan fingerprint density at radius 1 is 1.20 bits per heavy atom. The molecular weight excluding hydrogens is 256 g/mol. The van der Waals surface area contributed by atoms with Crippen LogP contribution in [0, 0.1) is 0 Å². The van der Waals surface area contributed by atoms with Crippen LogP contribution in [0.3, 0.4) is 0 Å². The molecule has 1 heterocycles. The molecule has 0 atom stereocenters. The number of nitrogens with zero attached hydrogens (tertiary/aromatic N) is 1. The van der Waals surface area contributed by atoms with Crippen molar-refractivity contribution in [1.82, 2.24) is 4.57 Å². The Bertz CT molecular complexity index is 635. The monoisotopic (exact) mass is 272 g/mol. The molecule has 20 heavy (non-hydrogen) atoms. The van der Waals surface area contributed by atoms with Gasteiger partial charge in [0.1, 0.15) is 11.4 Å². The average Bonchev–Trinajstić information content (AvgIpc) is 2.45. The minimum Gasteiger partial charge on any atom is -0.493 e. The number of benzene rings is 1. The summed E-state index contributed by atoms with van der Waals surface area (Å²) in [7, 11) is 1.64. The number of nitrogens with one attached hydrogen (secondary N) is 1. The zero-order valence-electron chi connectivity index (χ0n) is 11.2. The fraction of sp³-hybridized carbons (Fsp3) is 0.200. The Morgan fingerprint density at radius 3 is 2.70 bits per heavy atom. The topological polar surface area (TPSA) is 60.3 Å². The van der Waals surface area contributed by atoms with Crippen molar-refractivity contribution in [2.24, 2.45) is 7.05 Å². The molecule has 104 valence electrons. The fourth-order valence-electron chi connectivity index (χ4n) is 1.68. The molecule has 1 amide bonds. The van der Waals surface area contributed by atoms with Gasteiger partial charge in [0.15, 0.2) is 0 Å². The predicted molar refractivity (Wildman–Crippen MR) is 76.9 cm³/mol. The number of amides is 1. The van der Waals surface area contributed by atoms with Gasteiger partial charge in [-0.05, 0) is 24.3 Å². The maximum absolute atomic E-state index is 11.7. The van der Waals surface area contributed by atoms with Gasteiger partial charge in [-0.3, -0.25) is 9.59 Å². The van der Waals surface area contributed by atoms with Crippen molar-refractivity contribution < 1.29 is 9.53 Å². The van der Waals surface area contributed by atoms with E-state index in [1.807, 2.05) is 30.3 Å². The number of hydrogen-bond donors (Lipinski definition) is 1. The molecule has 1 aromatic heterocycles. The molecule has 0 saturated carbocycles. The molecule has 0 saturated heterocycles. The van der Waals surface area contributed by atoms with Crippen molar-refractivity contribution in [2.75, 3.05) is 11.9 Å². The first-order valence-corrected chi connectivity index (χ1v) is 6.30. The standard InChI is InChI=1S/C15H16N2O3/c1-17-10-5-8-13(15(17)19)16-14(18)9-11-20-12-6-3-2-4-7-12/h2-8,10H,9,11H2,1H3,(H,16,18). The molecule has 0 radical (unpaired) electrons. The summed E-state index contributed by atoms with van der Waals surface area (Å²) in [6, 6.07) is 12.6. The van der Waals surface area contributed by atoms with E-state index in [1.54, 1.807) is 25.4 Å². The predicted octanol–water partition coefficient (Wildman–Crippen LogP) is 1.79. The first-order chi connectivity index (χ1) is 9.66. The van der Waals surface area contributed by atoms with Gasteiger partial charge in [0.25, 0.3) is 5.56 Å². The maximum atomic E-state index is 11.7. The van der Waals surface area contributed by atoms with Gasteiger partial charge in [0.05, 0.1) is 13.0 Å². The lowest BCUT2D eigenvalue weighted by Crippen LogP contribution is -2.24. The number of aryl methyl sites for hydroxylation is 1. The number of carbonyl (C=O) groups excluding carboxylic acids is 1. The molecule has 2 aromatic rings. The first-order valence-electron chi connectivity index (χ1n) is 6.30. The van der Waals surface area contributed by atoms with Gasteiger partial charge in [-0.25, -0.2) is 0 Å². The van der Waals surface area contributed by atoms with E-state index < -0.39 is 0 Å². The minimum atomic E-state index is -0.246. The molecule has 1 aromatic carbocycles. The van der Waals surface area contributed by atoms with Crippen LogP contribution in [0.2, 0.25) is 0 Å². The number of para-hydroxylation sites is 1. The van der Waals surface area contributed by atoms with E-state index in [9.17, 15) is 9.59 Å². The van der Waals surface area contributed by atoms with E-state index in [-0.39, 0.29) is 30.2 Å². The second kappa shape index (κ2) is 6.56. The average molecular weight is 272 g/mol. The van der Waals surface area contributed by atoms with Gasteiger partial charge in [-0.2, -0.15) is 0 Å². The number of ether oxygens (including phenoxy) is 1. The SMILES string of the molecule is Cn1cccc(NC(=O)CCOc2ccccc2)c1=O. The summed E-state index contributed by atoms with van der Waals surface area (Å²) in [5.74, 6) is 0.472. The molecule has 5 heteroatoms. The highest BCUT2D eigenvalue weighted by Gasteiger charge is 2.06. The summed E-state index contributed by atoms with van der Waals surface area (Å²) in [6.45, 7) is 0.267. The Balaban J connectivity index is 1.84. The van der Waals surface area contributed by atoms with Gasteiger partial charge in [-0.15, -0.1) is 0 Å². The van der Waals surface area contributed by atoms with Gasteiger partial charge in [0, 0.05) is 13.2 Å². The van der Waals surface area contributed by atoms with Crippen LogP contribution in [-0.2, 0) is 11.8 Å². The Hall–Kier alpha value is -2.56. The van der Waals surface area contributed by atoms with E-state index in [4.69, 9.17) is 4.74 Å². The van der Waals surface area contributed by atoms with Crippen LogP contribution in [0.15, 0.2) is 53.5 Å². The number of carbonyl (C=O) groups is 1. The molecule has 0 aliphatic heterocycles. The number of aromatic nitrogens is 1. The van der Waals surface area contributed by atoms with Crippen molar-refractivity contribution in [2.45, 2.75) is 6.42 Å². The van der Waals surface area contributed by atoms with Crippen molar-refractivity contribution in [1.29, 1.82) is 0 Å². The maximum Gasteiger partial charge on any atom is 0.274 e. The first kappa shape index (κ1) is 13.9. The van der Waals surface area contributed by atoms with Crippen LogP contribution in [0.25, 0.3) is 0 Å². The Kier molecular flexibility index (Phi) is 4.55. The third-order valence-corrected chi connectivity index (χ3v) is 2.74. The summed E-state index contributed by atoms with van der Waals surface area (Å²) >= 11 is 0. The lowest BCUT2D eigenvalue weighted by atomic mass is 10.3. The van der Waals surface area contributed by atoms with Crippen molar-refractivity contribution in [3.8, 4) is 5.75 Å². The fourth-order valence-corrected chi connectivity index (χ4v) is 1.68. The van der Waals surface area contributed by atoms with E-state index in [0.717, 1.165) is 5.75 Å². The molecule has 0 spiro atoms. The van der Waals surface area contributed by atoms with Gasteiger partial charge >= 0.3 is 0 Å². The highest BCUT2D eigenvalue weighted by atomic mass is 16.5. The minimum absolute atomic E-state index is 0.187. The molecule has 0 bridgehead atoms. The second-order valence-electron chi connectivity index (χ2n) is 4.30. The highest BCUT2D eigenvalue weighted by Crippen LogP contribution is 2.08. The third-order valence-electron chi connectivity index (χ3n) is 2.74. The van der Waals surface area contributed by atoms with Gasteiger partial charge in [-0.1, -0.05) is 18.2 Å². The van der Waals surface area contributed by atoms with Crippen LogP contribution in [0.5, 0.6) is 5.75 Å². The van der Waals surface area contributed by atoms with Gasteiger partial charge < -0.3 is 14.6 Å². The van der Waals surface area contributed by atoms with Crippen molar-refractivity contribution >= 4 is 11.6 Å². The van der Waals surface area contributed by atoms with E-state index >= 15 is 0 Å². The highest BCUT2D eigenvalue weighted by molar-refractivity contribution is 5.90. The number of hydrogen-bond acceptors (Lipinski definition) is 3. The lowest BCUT2D eigenvalue weighted by molar-refractivity contribution is -0.116. The number of rotatable bonds is 5. The van der Waals surface area contributed by atoms with Crippen molar-refractivity contribution in [3.05, 3.63) is 59.0 Å². The van der Waals surface area contributed by atoms with Crippen LogP contribution in [-0.4, -0.2) is 17.1 Å².